The smallest absolute Gasteiger partial charge is 0.0724 e. The van der Waals surface area contributed by atoms with Gasteiger partial charge in [-0.25, -0.2) is 0 Å². The monoisotopic (exact) mass is 740 g/mol. The Hall–Kier alpha value is -7.82. The minimum Gasteiger partial charge on any atom is -0.311 e. The highest BCUT2D eigenvalue weighted by Gasteiger charge is 2.20. The Labute approximate surface area is 334 Å². The summed E-state index contributed by atoms with van der Waals surface area (Å²) in [4.78, 5) is 2.31. The Balaban J connectivity index is 1.22. The lowest BCUT2D eigenvalue weighted by atomic mass is 10.1. The van der Waals surface area contributed by atoms with Gasteiger partial charge >= 0.3 is 0 Å². The highest BCUT2D eigenvalue weighted by molar-refractivity contribution is 6.21. The third-order valence-electron chi connectivity index (χ3n) is 11.8. The summed E-state index contributed by atoms with van der Waals surface area (Å²) in [5, 5.41) is 7.33. The first-order valence-electron chi connectivity index (χ1n) is 19.9. The van der Waals surface area contributed by atoms with E-state index in [0.717, 1.165) is 50.5 Å². The van der Waals surface area contributed by atoms with Crippen LogP contribution in [0.15, 0.2) is 218 Å². The summed E-state index contributed by atoms with van der Waals surface area (Å²) in [7, 11) is 0. The van der Waals surface area contributed by atoms with Crippen molar-refractivity contribution in [1.29, 1.82) is 0 Å². The van der Waals surface area contributed by atoms with Gasteiger partial charge < -0.3 is 18.4 Å². The Morgan fingerprint density at radius 3 is 1.29 bits per heavy atom. The van der Waals surface area contributed by atoms with Gasteiger partial charge in [0.05, 0.1) is 38.6 Å². The van der Waals surface area contributed by atoms with Crippen molar-refractivity contribution in [3.8, 4) is 11.4 Å². The van der Waals surface area contributed by atoms with Gasteiger partial charge in [-0.1, -0.05) is 127 Å². The lowest BCUT2D eigenvalue weighted by molar-refractivity contribution is 1.15. The van der Waals surface area contributed by atoms with Crippen molar-refractivity contribution in [1.82, 2.24) is 13.5 Å². The van der Waals surface area contributed by atoms with Crippen molar-refractivity contribution in [2.75, 3.05) is 4.90 Å². The van der Waals surface area contributed by atoms with E-state index in [0.29, 0.717) is 0 Å². The van der Waals surface area contributed by atoms with Gasteiger partial charge in [0, 0.05) is 60.8 Å². The third kappa shape index (κ3) is 4.82. The molecule has 9 aromatic carbocycles. The Kier molecular flexibility index (Phi) is 7.20. The molecule has 3 heterocycles. The number of nitrogens with zero attached hydrogens (tertiary/aromatic N) is 4. The SMILES string of the molecule is c1ccc(N(c2ccccc2)c2ccc(-n3c4ccccc4c4cc5c(cc43)n3c4ccccc4c4cccc(c6ccccc6n5-c5ccccc5)c43)cc2)cc1. The molecule has 4 nitrogen and oxygen atoms in total. The van der Waals surface area contributed by atoms with E-state index >= 15 is 0 Å². The second-order valence-corrected chi connectivity index (χ2v) is 15.0. The molecule has 0 amide bonds. The van der Waals surface area contributed by atoms with E-state index < -0.39 is 0 Å². The summed E-state index contributed by atoms with van der Waals surface area (Å²) in [5.74, 6) is 0. The summed E-state index contributed by atoms with van der Waals surface area (Å²) >= 11 is 0. The molecule has 0 aliphatic rings. The second-order valence-electron chi connectivity index (χ2n) is 15.0. The van der Waals surface area contributed by atoms with Crippen LogP contribution in [-0.4, -0.2) is 13.5 Å². The van der Waals surface area contributed by atoms with Crippen LogP contribution >= 0.6 is 0 Å². The molecule has 4 heteroatoms. The van der Waals surface area contributed by atoms with E-state index in [1.807, 2.05) is 0 Å². The fraction of sp³-hybridized carbons (Fsp3) is 0. The zero-order valence-corrected chi connectivity index (χ0v) is 31.6. The number of aromatic nitrogens is 3. The van der Waals surface area contributed by atoms with Crippen molar-refractivity contribution in [2.24, 2.45) is 0 Å². The minimum atomic E-state index is 1.10. The van der Waals surface area contributed by atoms with Crippen molar-refractivity contribution in [2.45, 2.75) is 0 Å². The third-order valence-corrected chi connectivity index (χ3v) is 11.8. The molecular formula is C54H36N4. The standard InChI is InChI=1S/C54H36N4/c1-4-17-37(18-5-1)55(38-19-6-2-7-20-38)40-31-33-41(34-32-40)56-49-29-14-12-25-44(49)47-35-52-53(36-51(47)56)58-50-30-15-11-24-43(50)46-27-16-26-45(54(46)58)42-23-10-13-28-48(42)57(52)39-21-8-3-9-22-39/h1-36H. The molecule has 12 rings (SSSR count). The van der Waals surface area contributed by atoms with E-state index in [-0.39, 0.29) is 0 Å². The number of rotatable bonds is 5. The van der Waals surface area contributed by atoms with E-state index in [1.54, 1.807) is 0 Å². The van der Waals surface area contributed by atoms with Crippen LogP contribution in [0.1, 0.15) is 0 Å². The highest BCUT2D eigenvalue weighted by Crippen LogP contribution is 2.41. The number of anilines is 3. The first-order chi connectivity index (χ1) is 28.8. The minimum absolute atomic E-state index is 1.10. The predicted molar refractivity (Wildman–Crippen MR) is 245 cm³/mol. The highest BCUT2D eigenvalue weighted by atomic mass is 15.1. The zero-order chi connectivity index (χ0) is 38.2. The van der Waals surface area contributed by atoms with E-state index in [2.05, 4.69) is 237 Å². The molecule has 0 spiro atoms. The summed E-state index contributed by atoms with van der Waals surface area (Å²) in [6, 6.07) is 79.2. The predicted octanol–water partition coefficient (Wildman–Crippen LogP) is 14.5. The van der Waals surface area contributed by atoms with Gasteiger partial charge in [-0.15, -0.1) is 0 Å². The molecule has 3 aromatic heterocycles. The van der Waals surface area contributed by atoms with E-state index in [9.17, 15) is 0 Å². The van der Waals surface area contributed by atoms with Gasteiger partial charge in [0.25, 0.3) is 0 Å². The molecule has 12 aromatic rings. The molecule has 272 valence electrons. The quantitative estimate of drug-likeness (QED) is 0.172. The summed E-state index contributed by atoms with van der Waals surface area (Å²) < 4.78 is 7.42. The van der Waals surface area contributed by atoms with Crippen LogP contribution in [0.3, 0.4) is 0 Å². The van der Waals surface area contributed by atoms with Crippen molar-refractivity contribution >= 4 is 88.0 Å². The summed E-state index contributed by atoms with van der Waals surface area (Å²) in [6.45, 7) is 0. The Morgan fingerprint density at radius 1 is 0.259 bits per heavy atom. The van der Waals surface area contributed by atoms with Gasteiger partial charge in [0.15, 0.2) is 0 Å². The molecule has 0 radical (unpaired) electrons. The van der Waals surface area contributed by atoms with Crippen molar-refractivity contribution < 1.29 is 0 Å². The average Bonchev–Trinajstić information content (AvgIpc) is 3.80. The van der Waals surface area contributed by atoms with Crippen LogP contribution in [0.25, 0.3) is 82.3 Å². The number of hydrogen-bond donors (Lipinski definition) is 0. The molecule has 58 heavy (non-hydrogen) atoms. The van der Waals surface area contributed by atoms with Gasteiger partial charge in [-0.3, -0.25) is 0 Å². The van der Waals surface area contributed by atoms with Crippen LogP contribution in [0.4, 0.5) is 17.1 Å². The molecule has 0 saturated carbocycles. The van der Waals surface area contributed by atoms with Crippen LogP contribution in [0.2, 0.25) is 0 Å². The molecule has 0 atom stereocenters. The largest absolute Gasteiger partial charge is 0.311 e. The maximum Gasteiger partial charge on any atom is 0.0724 e. The second kappa shape index (κ2) is 12.9. The molecule has 0 aliphatic carbocycles. The van der Waals surface area contributed by atoms with E-state index in [4.69, 9.17) is 0 Å². The molecule has 0 bridgehead atoms. The lowest BCUT2D eigenvalue weighted by Crippen LogP contribution is -2.09. The number of fused-ring (bicyclic) bond motifs is 10. The molecule has 0 unspecified atom stereocenters. The van der Waals surface area contributed by atoms with Crippen LogP contribution in [0, 0.1) is 0 Å². The molecular weight excluding hydrogens is 705 g/mol. The molecule has 0 saturated heterocycles. The number of para-hydroxylation sites is 7. The molecule has 0 N–H and O–H groups in total. The maximum absolute atomic E-state index is 2.52. The van der Waals surface area contributed by atoms with Crippen LogP contribution in [-0.2, 0) is 0 Å². The first kappa shape index (κ1) is 32.4. The normalized spacial score (nSPS) is 11.8. The number of benzene rings is 9. The fourth-order valence-corrected chi connectivity index (χ4v) is 9.35. The van der Waals surface area contributed by atoms with Gasteiger partial charge in [0.2, 0.25) is 0 Å². The van der Waals surface area contributed by atoms with E-state index in [1.165, 1.54) is 48.9 Å². The zero-order valence-electron chi connectivity index (χ0n) is 31.6. The number of hydrogen-bond acceptors (Lipinski definition) is 1. The molecule has 0 fully saturated rings. The Morgan fingerprint density at radius 2 is 0.690 bits per heavy atom. The fourth-order valence-electron chi connectivity index (χ4n) is 9.35. The maximum atomic E-state index is 2.52. The van der Waals surface area contributed by atoms with Gasteiger partial charge in [-0.05, 0) is 91.0 Å². The lowest BCUT2D eigenvalue weighted by Gasteiger charge is -2.25. The summed E-state index contributed by atoms with van der Waals surface area (Å²) in [6.07, 6.45) is 0. The summed E-state index contributed by atoms with van der Waals surface area (Å²) in [5.41, 5.74) is 13.7. The average molecular weight is 741 g/mol. The van der Waals surface area contributed by atoms with Crippen LogP contribution < -0.4 is 4.90 Å². The molecule has 0 aliphatic heterocycles. The van der Waals surface area contributed by atoms with Crippen LogP contribution in [0.5, 0.6) is 0 Å². The van der Waals surface area contributed by atoms with Gasteiger partial charge in [-0.2, -0.15) is 0 Å². The Bertz CT molecular complexity index is 3500. The van der Waals surface area contributed by atoms with Crippen molar-refractivity contribution in [3.05, 3.63) is 218 Å². The van der Waals surface area contributed by atoms with Gasteiger partial charge in [0.1, 0.15) is 0 Å². The van der Waals surface area contributed by atoms with Crippen molar-refractivity contribution in [3.63, 3.8) is 0 Å². The topological polar surface area (TPSA) is 17.5 Å². The first-order valence-corrected chi connectivity index (χ1v) is 19.9.